The quantitative estimate of drug-likeness (QED) is 0.271. The Morgan fingerprint density at radius 2 is 1.05 bits per heavy atom. The minimum atomic E-state index is -0.543. The van der Waals surface area contributed by atoms with E-state index in [4.69, 9.17) is 8.83 Å². The molecule has 2 aromatic heterocycles. The van der Waals surface area contributed by atoms with Crippen molar-refractivity contribution in [3.8, 4) is 0 Å². The zero-order valence-electron chi connectivity index (χ0n) is 21.2. The second kappa shape index (κ2) is 14.0. The van der Waals surface area contributed by atoms with E-state index < -0.39 is 23.6 Å². The van der Waals surface area contributed by atoms with Gasteiger partial charge in [-0.25, -0.2) is 0 Å². The van der Waals surface area contributed by atoms with Crippen LogP contribution in [0.2, 0.25) is 0 Å². The van der Waals surface area contributed by atoms with E-state index in [1.807, 2.05) is 13.8 Å². The average Bonchev–Trinajstić information content (AvgIpc) is 3.64. The van der Waals surface area contributed by atoms with Gasteiger partial charge >= 0.3 is 0 Å². The number of amides is 4. The van der Waals surface area contributed by atoms with Gasteiger partial charge in [-0.2, -0.15) is 0 Å². The SMILES string of the molecule is CCCNC(=O)/C(=C\c1ccco1)NC(=O)c1ccc(C(=O)N/C(=C/c2ccco2)C(=O)NCCC)cc1. The molecule has 0 aliphatic carbocycles. The minimum Gasteiger partial charge on any atom is -0.465 e. The summed E-state index contributed by atoms with van der Waals surface area (Å²) < 4.78 is 10.5. The summed E-state index contributed by atoms with van der Waals surface area (Å²) in [4.78, 5) is 50.8. The molecule has 10 nitrogen and oxygen atoms in total. The van der Waals surface area contributed by atoms with E-state index in [9.17, 15) is 19.2 Å². The van der Waals surface area contributed by atoms with Crippen molar-refractivity contribution in [3.63, 3.8) is 0 Å². The Labute approximate surface area is 220 Å². The van der Waals surface area contributed by atoms with Crippen molar-refractivity contribution in [2.75, 3.05) is 13.1 Å². The summed E-state index contributed by atoms with van der Waals surface area (Å²) >= 11 is 0. The highest BCUT2D eigenvalue weighted by Gasteiger charge is 2.18. The normalized spacial score (nSPS) is 11.5. The van der Waals surface area contributed by atoms with Gasteiger partial charge in [0.1, 0.15) is 22.9 Å². The van der Waals surface area contributed by atoms with Crippen molar-refractivity contribution in [1.29, 1.82) is 0 Å². The van der Waals surface area contributed by atoms with Gasteiger partial charge in [0.25, 0.3) is 23.6 Å². The standard InChI is InChI=1S/C28H30N4O6/c1-3-13-29-27(35)23(17-21-7-5-15-37-21)31-25(33)19-9-11-20(12-10-19)26(34)32-24(28(36)30-14-4-2)18-22-8-6-16-38-22/h5-12,15-18H,3-4,13-14H2,1-2H3,(H,29,35)(H,30,36)(H,31,33)(H,32,34)/b23-17+,24-18+. The van der Waals surface area contributed by atoms with Crippen LogP contribution < -0.4 is 21.3 Å². The number of carbonyl (C=O) groups excluding carboxylic acids is 4. The second-order valence-corrected chi connectivity index (χ2v) is 8.14. The van der Waals surface area contributed by atoms with Gasteiger partial charge in [-0.1, -0.05) is 13.8 Å². The lowest BCUT2D eigenvalue weighted by atomic mass is 10.1. The smallest absolute Gasteiger partial charge is 0.267 e. The van der Waals surface area contributed by atoms with Crippen molar-refractivity contribution < 1.29 is 28.0 Å². The molecule has 0 spiro atoms. The van der Waals surface area contributed by atoms with E-state index in [0.29, 0.717) is 24.6 Å². The fourth-order valence-corrected chi connectivity index (χ4v) is 3.18. The molecule has 0 bridgehead atoms. The third-order valence-corrected chi connectivity index (χ3v) is 5.13. The highest BCUT2D eigenvalue weighted by Crippen LogP contribution is 2.11. The molecule has 0 radical (unpaired) electrons. The summed E-state index contributed by atoms with van der Waals surface area (Å²) in [5.74, 6) is -1.19. The molecule has 0 saturated carbocycles. The molecular formula is C28H30N4O6. The second-order valence-electron chi connectivity index (χ2n) is 8.14. The van der Waals surface area contributed by atoms with Crippen LogP contribution in [0.25, 0.3) is 12.2 Å². The first-order valence-corrected chi connectivity index (χ1v) is 12.2. The van der Waals surface area contributed by atoms with Gasteiger partial charge < -0.3 is 30.1 Å². The molecular weight excluding hydrogens is 488 g/mol. The topological polar surface area (TPSA) is 143 Å². The van der Waals surface area contributed by atoms with Crippen LogP contribution in [0.3, 0.4) is 0 Å². The Kier molecular flexibility index (Phi) is 10.2. The average molecular weight is 519 g/mol. The van der Waals surface area contributed by atoms with Crippen LogP contribution in [0, 0.1) is 0 Å². The summed E-state index contributed by atoms with van der Waals surface area (Å²) in [5.41, 5.74) is 0.487. The van der Waals surface area contributed by atoms with Gasteiger partial charge in [0.05, 0.1) is 12.5 Å². The summed E-state index contributed by atoms with van der Waals surface area (Å²) in [5, 5.41) is 10.6. The van der Waals surface area contributed by atoms with Crippen LogP contribution in [0.5, 0.6) is 0 Å². The lowest BCUT2D eigenvalue weighted by molar-refractivity contribution is -0.118. The van der Waals surface area contributed by atoms with Crippen molar-refractivity contribution in [1.82, 2.24) is 21.3 Å². The van der Waals surface area contributed by atoms with E-state index in [0.717, 1.165) is 12.8 Å². The molecule has 0 unspecified atom stereocenters. The number of nitrogens with one attached hydrogen (secondary N) is 4. The van der Waals surface area contributed by atoms with Crippen LogP contribution in [0.15, 0.2) is 81.3 Å². The number of carbonyl (C=O) groups is 4. The van der Waals surface area contributed by atoms with Gasteiger partial charge in [0.2, 0.25) is 0 Å². The lowest BCUT2D eigenvalue weighted by Gasteiger charge is -2.12. The van der Waals surface area contributed by atoms with Gasteiger partial charge in [-0.05, 0) is 61.4 Å². The predicted octanol–water partition coefficient (Wildman–Crippen LogP) is 3.47. The highest BCUT2D eigenvalue weighted by atomic mass is 16.3. The molecule has 0 aliphatic heterocycles. The highest BCUT2D eigenvalue weighted by molar-refractivity contribution is 6.07. The fourth-order valence-electron chi connectivity index (χ4n) is 3.18. The third kappa shape index (κ3) is 8.09. The Bertz CT molecular complexity index is 1190. The van der Waals surface area contributed by atoms with Crippen molar-refractivity contribution in [2.24, 2.45) is 0 Å². The molecule has 4 amide bonds. The minimum absolute atomic E-state index is 0.0195. The maximum Gasteiger partial charge on any atom is 0.267 e. The van der Waals surface area contributed by atoms with Crippen LogP contribution >= 0.6 is 0 Å². The maximum atomic E-state index is 12.9. The first-order valence-electron chi connectivity index (χ1n) is 12.2. The number of rotatable bonds is 12. The first-order chi connectivity index (χ1) is 18.4. The molecule has 0 aliphatic rings. The van der Waals surface area contributed by atoms with Crippen molar-refractivity contribution in [3.05, 3.63) is 95.1 Å². The Balaban J connectivity index is 1.72. The zero-order valence-corrected chi connectivity index (χ0v) is 21.2. The largest absolute Gasteiger partial charge is 0.465 e. The zero-order chi connectivity index (χ0) is 27.3. The van der Waals surface area contributed by atoms with Crippen LogP contribution in [0.4, 0.5) is 0 Å². The maximum absolute atomic E-state index is 12.9. The molecule has 0 fully saturated rings. The first kappa shape index (κ1) is 27.7. The van der Waals surface area contributed by atoms with Crippen molar-refractivity contribution >= 4 is 35.8 Å². The van der Waals surface area contributed by atoms with Gasteiger partial charge in [0, 0.05) is 36.4 Å². The summed E-state index contributed by atoms with van der Waals surface area (Å²) in [6, 6.07) is 12.5. The third-order valence-electron chi connectivity index (χ3n) is 5.13. The molecule has 198 valence electrons. The van der Waals surface area contributed by atoms with Crippen LogP contribution in [0.1, 0.15) is 58.9 Å². The van der Waals surface area contributed by atoms with Crippen LogP contribution in [-0.2, 0) is 9.59 Å². The van der Waals surface area contributed by atoms with Crippen LogP contribution in [-0.4, -0.2) is 36.7 Å². The summed E-state index contributed by atoms with van der Waals surface area (Å²) in [6.07, 6.45) is 7.25. The number of hydrogen-bond donors (Lipinski definition) is 4. The molecule has 38 heavy (non-hydrogen) atoms. The molecule has 10 heteroatoms. The molecule has 0 saturated heterocycles. The molecule has 3 aromatic rings. The van der Waals surface area contributed by atoms with Gasteiger partial charge in [-0.15, -0.1) is 0 Å². The molecule has 1 aromatic carbocycles. The predicted molar refractivity (Wildman–Crippen MR) is 141 cm³/mol. The van der Waals surface area contributed by atoms with E-state index in [1.54, 1.807) is 24.3 Å². The Morgan fingerprint density at radius 1 is 0.658 bits per heavy atom. The Hall–Kier alpha value is -4.86. The van der Waals surface area contributed by atoms with E-state index in [1.165, 1.54) is 48.9 Å². The number of hydrogen-bond acceptors (Lipinski definition) is 6. The number of furan rings is 2. The summed E-state index contributed by atoms with van der Waals surface area (Å²) in [6.45, 7) is 4.72. The van der Waals surface area contributed by atoms with Crippen molar-refractivity contribution in [2.45, 2.75) is 26.7 Å². The van der Waals surface area contributed by atoms with E-state index in [-0.39, 0.29) is 22.5 Å². The molecule has 0 atom stereocenters. The van der Waals surface area contributed by atoms with Gasteiger partial charge in [0.15, 0.2) is 0 Å². The number of benzene rings is 1. The Morgan fingerprint density at radius 3 is 1.37 bits per heavy atom. The van der Waals surface area contributed by atoms with E-state index >= 15 is 0 Å². The van der Waals surface area contributed by atoms with Gasteiger partial charge in [-0.3, -0.25) is 19.2 Å². The van der Waals surface area contributed by atoms with E-state index in [2.05, 4.69) is 21.3 Å². The lowest BCUT2D eigenvalue weighted by Crippen LogP contribution is -2.35. The summed E-state index contributed by atoms with van der Waals surface area (Å²) in [7, 11) is 0. The monoisotopic (exact) mass is 518 g/mol. The molecule has 2 heterocycles. The fraction of sp³-hybridized carbons (Fsp3) is 0.214. The molecule has 4 N–H and O–H groups in total. The molecule has 3 rings (SSSR count).